The van der Waals surface area contributed by atoms with Crippen molar-refractivity contribution in [3.05, 3.63) is 78.0 Å². The van der Waals surface area contributed by atoms with Crippen molar-refractivity contribution >= 4 is 17.3 Å². The van der Waals surface area contributed by atoms with Crippen LogP contribution in [0.4, 0.5) is 4.79 Å². The van der Waals surface area contributed by atoms with Crippen molar-refractivity contribution in [3.8, 4) is 17.1 Å². The highest BCUT2D eigenvalue weighted by Gasteiger charge is 2.28. The molecule has 3 heterocycles. The number of ether oxygens (including phenoxy) is 2. The van der Waals surface area contributed by atoms with E-state index in [1.165, 1.54) is 0 Å². The molecule has 1 aliphatic rings. The second-order valence-electron chi connectivity index (χ2n) is 10.3. The first kappa shape index (κ1) is 23.9. The maximum Gasteiger partial charge on any atom is 0.410 e. The number of aromatic amines is 1. The number of hydrogen-bond donors (Lipinski definition) is 1. The number of hydrogen-bond acceptors (Lipinski definition) is 5. The highest BCUT2D eigenvalue weighted by molar-refractivity contribution is 5.76. The number of H-pyrrole nitrogens is 1. The molecular formula is C29H32N4O3. The van der Waals surface area contributed by atoms with Crippen molar-refractivity contribution in [2.24, 2.45) is 0 Å². The molecule has 186 valence electrons. The molecule has 0 aliphatic carbocycles. The average molecular weight is 485 g/mol. The van der Waals surface area contributed by atoms with Gasteiger partial charge in [-0.2, -0.15) is 0 Å². The van der Waals surface area contributed by atoms with Crippen molar-refractivity contribution in [1.29, 1.82) is 0 Å². The van der Waals surface area contributed by atoms with Gasteiger partial charge in [0.15, 0.2) is 5.65 Å². The van der Waals surface area contributed by atoms with E-state index in [1.807, 2.05) is 74.3 Å². The molecule has 0 saturated carbocycles. The number of para-hydroxylation sites is 1. The number of rotatable bonds is 5. The second kappa shape index (κ2) is 10.0. The van der Waals surface area contributed by atoms with E-state index in [0.29, 0.717) is 13.2 Å². The van der Waals surface area contributed by atoms with Gasteiger partial charge < -0.3 is 19.4 Å². The maximum atomic E-state index is 12.6. The Morgan fingerprint density at radius 3 is 2.64 bits per heavy atom. The SMILES string of the molecule is CC(C)(C)OC(=O)N1CCCC(c2cnc3[nH]c(-c4ccc(COc5ccccc5)cc4)nc3c2)C1. The molecule has 1 atom stereocenters. The number of benzene rings is 2. The Hall–Kier alpha value is -3.87. The first-order valence-electron chi connectivity index (χ1n) is 12.4. The van der Waals surface area contributed by atoms with Crippen molar-refractivity contribution in [2.75, 3.05) is 13.1 Å². The summed E-state index contributed by atoms with van der Waals surface area (Å²) in [5.74, 6) is 1.85. The smallest absolute Gasteiger partial charge is 0.410 e. The highest BCUT2D eigenvalue weighted by Crippen LogP contribution is 2.30. The lowest BCUT2D eigenvalue weighted by Gasteiger charge is -2.34. The van der Waals surface area contributed by atoms with Crippen LogP contribution in [0, 0.1) is 0 Å². The second-order valence-corrected chi connectivity index (χ2v) is 10.3. The van der Waals surface area contributed by atoms with Gasteiger partial charge in [0.2, 0.25) is 0 Å². The molecule has 1 fully saturated rings. The van der Waals surface area contributed by atoms with Gasteiger partial charge in [-0.25, -0.2) is 14.8 Å². The van der Waals surface area contributed by atoms with Crippen LogP contribution in [0.3, 0.4) is 0 Å². The summed E-state index contributed by atoms with van der Waals surface area (Å²) < 4.78 is 11.4. The number of pyridine rings is 1. The lowest BCUT2D eigenvalue weighted by Crippen LogP contribution is -2.42. The molecule has 7 nitrogen and oxygen atoms in total. The summed E-state index contributed by atoms with van der Waals surface area (Å²) in [5.41, 5.74) is 4.27. The van der Waals surface area contributed by atoms with Crippen molar-refractivity contribution in [1.82, 2.24) is 19.9 Å². The number of fused-ring (bicyclic) bond motifs is 1. The fraction of sp³-hybridized carbons (Fsp3) is 0.345. The quantitative estimate of drug-likeness (QED) is 0.359. The van der Waals surface area contributed by atoms with Gasteiger partial charge in [0.1, 0.15) is 29.3 Å². The van der Waals surface area contributed by atoms with E-state index in [0.717, 1.165) is 58.8 Å². The van der Waals surface area contributed by atoms with Crippen LogP contribution in [0.25, 0.3) is 22.6 Å². The van der Waals surface area contributed by atoms with Crippen LogP contribution >= 0.6 is 0 Å². The zero-order chi connectivity index (χ0) is 25.1. The van der Waals surface area contributed by atoms with Gasteiger partial charge in [0.25, 0.3) is 0 Å². The molecule has 0 radical (unpaired) electrons. The van der Waals surface area contributed by atoms with Gasteiger partial charge in [0, 0.05) is 30.8 Å². The number of likely N-dealkylation sites (tertiary alicyclic amines) is 1. The van der Waals surface area contributed by atoms with E-state index in [2.05, 4.69) is 28.2 Å². The third kappa shape index (κ3) is 5.67. The van der Waals surface area contributed by atoms with Crippen molar-refractivity contribution in [3.63, 3.8) is 0 Å². The van der Waals surface area contributed by atoms with Crippen LogP contribution in [0.5, 0.6) is 5.75 Å². The van der Waals surface area contributed by atoms with E-state index in [1.54, 1.807) is 0 Å². The van der Waals surface area contributed by atoms with Crippen LogP contribution in [0.1, 0.15) is 50.7 Å². The molecule has 1 amide bonds. The van der Waals surface area contributed by atoms with E-state index >= 15 is 0 Å². The number of amides is 1. The molecule has 36 heavy (non-hydrogen) atoms. The topological polar surface area (TPSA) is 80.3 Å². The number of nitrogens with zero attached hydrogens (tertiary/aromatic N) is 3. The molecule has 2 aromatic carbocycles. The summed E-state index contributed by atoms with van der Waals surface area (Å²) >= 11 is 0. The zero-order valence-corrected chi connectivity index (χ0v) is 21.0. The molecule has 2 aromatic heterocycles. The Morgan fingerprint density at radius 2 is 1.89 bits per heavy atom. The maximum absolute atomic E-state index is 12.6. The molecule has 1 aliphatic heterocycles. The summed E-state index contributed by atoms with van der Waals surface area (Å²) in [6.07, 6.45) is 3.60. The fourth-order valence-electron chi connectivity index (χ4n) is 4.45. The summed E-state index contributed by atoms with van der Waals surface area (Å²) in [4.78, 5) is 27.2. The van der Waals surface area contributed by atoms with Gasteiger partial charge in [-0.1, -0.05) is 42.5 Å². The number of carbonyl (C=O) groups is 1. The number of imidazole rings is 1. The van der Waals surface area contributed by atoms with Gasteiger partial charge in [-0.3, -0.25) is 0 Å². The Balaban J connectivity index is 1.27. The van der Waals surface area contributed by atoms with E-state index < -0.39 is 5.60 Å². The Morgan fingerprint density at radius 1 is 1.11 bits per heavy atom. The normalized spacial score (nSPS) is 16.2. The lowest BCUT2D eigenvalue weighted by molar-refractivity contribution is 0.0198. The summed E-state index contributed by atoms with van der Waals surface area (Å²) in [6, 6.07) is 20.1. The first-order valence-corrected chi connectivity index (χ1v) is 12.4. The van der Waals surface area contributed by atoms with Gasteiger partial charge in [-0.05, 0) is 62.9 Å². The predicted molar refractivity (Wildman–Crippen MR) is 140 cm³/mol. The first-order chi connectivity index (χ1) is 17.3. The largest absolute Gasteiger partial charge is 0.489 e. The Bertz CT molecular complexity index is 1330. The molecule has 1 unspecified atom stereocenters. The molecule has 0 spiro atoms. The van der Waals surface area contributed by atoms with E-state index in [9.17, 15) is 4.79 Å². The third-order valence-electron chi connectivity index (χ3n) is 6.28. The molecular weight excluding hydrogens is 452 g/mol. The summed E-state index contributed by atoms with van der Waals surface area (Å²) in [7, 11) is 0. The lowest BCUT2D eigenvalue weighted by atomic mass is 9.92. The Kier molecular flexibility index (Phi) is 6.63. The van der Waals surface area contributed by atoms with E-state index in [-0.39, 0.29) is 12.0 Å². The molecule has 1 N–H and O–H groups in total. The van der Waals surface area contributed by atoms with Crippen LogP contribution in [-0.2, 0) is 11.3 Å². The minimum absolute atomic E-state index is 0.215. The van der Waals surface area contributed by atoms with Gasteiger partial charge in [0.05, 0.1) is 0 Å². The van der Waals surface area contributed by atoms with Gasteiger partial charge in [-0.15, -0.1) is 0 Å². The number of carbonyl (C=O) groups excluding carboxylic acids is 1. The number of piperidine rings is 1. The summed E-state index contributed by atoms with van der Waals surface area (Å²) in [6.45, 7) is 7.55. The standard InChI is InChI=1S/C29H32N4O3/c1-29(2,3)36-28(34)33-15-7-8-22(18-33)23-16-25-27(30-17-23)32-26(31-25)21-13-11-20(12-14-21)19-35-24-9-5-4-6-10-24/h4-6,9-14,16-17,22H,7-8,15,18-19H2,1-3H3,(H,30,31,32). The predicted octanol–water partition coefficient (Wildman–Crippen LogP) is 6.32. The van der Waals surface area contributed by atoms with Gasteiger partial charge >= 0.3 is 6.09 Å². The monoisotopic (exact) mass is 484 g/mol. The number of nitrogens with one attached hydrogen (secondary N) is 1. The minimum Gasteiger partial charge on any atom is -0.489 e. The molecule has 5 rings (SSSR count). The van der Waals surface area contributed by atoms with Crippen LogP contribution < -0.4 is 4.74 Å². The number of aromatic nitrogens is 3. The van der Waals surface area contributed by atoms with Crippen LogP contribution in [-0.4, -0.2) is 44.6 Å². The molecule has 4 aromatic rings. The summed E-state index contributed by atoms with van der Waals surface area (Å²) in [5, 5.41) is 0. The highest BCUT2D eigenvalue weighted by atomic mass is 16.6. The zero-order valence-electron chi connectivity index (χ0n) is 21.0. The van der Waals surface area contributed by atoms with Crippen LogP contribution in [0.15, 0.2) is 66.9 Å². The average Bonchev–Trinajstić information content (AvgIpc) is 3.31. The molecule has 1 saturated heterocycles. The fourth-order valence-corrected chi connectivity index (χ4v) is 4.45. The molecule has 0 bridgehead atoms. The van der Waals surface area contributed by atoms with Crippen molar-refractivity contribution in [2.45, 2.75) is 51.7 Å². The Labute approximate surface area is 211 Å². The van der Waals surface area contributed by atoms with E-state index in [4.69, 9.17) is 14.5 Å². The van der Waals surface area contributed by atoms with Crippen LogP contribution in [0.2, 0.25) is 0 Å². The van der Waals surface area contributed by atoms with Crippen molar-refractivity contribution < 1.29 is 14.3 Å². The minimum atomic E-state index is -0.497. The molecule has 7 heteroatoms. The third-order valence-corrected chi connectivity index (χ3v) is 6.28.